The molecule has 4 rings (SSSR count). The van der Waals surface area contributed by atoms with E-state index in [1.807, 2.05) is 37.1 Å². The number of hydrogen-bond acceptors (Lipinski definition) is 5. The average Bonchev–Trinajstić information content (AvgIpc) is 3.11. The van der Waals surface area contributed by atoms with E-state index in [0.717, 1.165) is 61.7 Å². The Morgan fingerprint density at radius 3 is 2.74 bits per heavy atom. The molecule has 2 aliphatic rings. The first kappa shape index (κ1) is 29.6. The summed E-state index contributed by atoms with van der Waals surface area (Å²) >= 11 is 6.37. The summed E-state index contributed by atoms with van der Waals surface area (Å²) in [5, 5.41) is 0.763. The lowest BCUT2D eigenvalue weighted by Crippen LogP contribution is -2.43. The number of amides is 1. The maximum atomic E-state index is 13.3. The van der Waals surface area contributed by atoms with Crippen molar-refractivity contribution in [3.63, 3.8) is 0 Å². The van der Waals surface area contributed by atoms with Crippen molar-refractivity contribution in [1.82, 2.24) is 9.62 Å². The zero-order valence-electron chi connectivity index (χ0n) is 23.6. The summed E-state index contributed by atoms with van der Waals surface area (Å²) in [4.78, 5) is 17.8. The van der Waals surface area contributed by atoms with E-state index in [-0.39, 0.29) is 11.8 Å². The lowest BCUT2D eigenvalue weighted by molar-refractivity contribution is -0.123. The van der Waals surface area contributed by atoms with Crippen LogP contribution in [0.4, 0.5) is 5.69 Å². The number of ether oxygens (including phenoxy) is 1. The highest BCUT2D eigenvalue weighted by Crippen LogP contribution is 2.38. The van der Waals surface area contributed by atoms with Crippen molar-refractivity contribution in [2.24, 2.45) is 5.92 Å². The van der Waals surface area contributed by atoms with Gasteiger partial charge in [-0.2, -0.15) is 0 Å². The molecule has 2 aromatic rings. The van der Waals surface area contributed by atoms with Crippen LogP contribution in [-0.2, 0) is 22.2 Å². The van der Waals surface area contributed by atoms with Crippen LogP contribution < -0.4 is 14.4 Å². The molecule has 0 radical (unpaired) electrons. The SMILES string of the molecule is CCCc1cc(Cl)ccc1C1COc2ccc3cc2N(CCC(CC)C/C=C/CN(C)[C@H](C)C(=O)NS3=O)C1. The summed E-state index contributed by atoms with van der Waals surface area (Å²) < 4.78 is 22.4. The van der Waals surface area contributed by atoms with Gasteiger partial charge in [-0.3, -0.25) is 14.4 Å². The molecule has 0 saturated heterocycles. The van der Waals surface area contributed by atoms with Gasteiger partial charge < -0.3 is 9.64 Å². The minimum atomic E-state index is -1.67. The van der Waals surface area contributed by atoms with E-state index in [1.165, 1.54) is 11.1 Å². The minimum Gasteiger partial charge on any atom is -0.491 e. The van der Waals surface area contributed by atoms with Gasteiger partial charge in [0.15, 0.2) is 11.0 Å². The highest BCUT2D eigenvalue weighted by atomic mass is 35.5. The molecule has 0 fully saturated rings. The van der Waals surface area contributed by atoms with Gasteiger partial charge in [0.1, 0.15) is 5.75 Å². The van der Waals surface area contributed by atoms with Crippen molar-refractivity contribution < 1.29 is 13.7 Å². The molecule has 0 spiro atoms. The summed E-state index contributed by atoms with van der Waals surface area (Å²) in [5.41, 5.74) is 3.50. The fourth-order valence-electron chi connectivity index (χ4n) is 5.40. The van der Waals surface area contributed by atoms with Gasteiger partial charge in [0.05, 0.1) is 23.2 Å². The Balaban J connectivity index is 1.70. The Labute approximate surface area is 241 Å². The van der Waals surface area contributed by atoms with Crippen molar-refractivity contribution in [3.8, 4) is 5.75 Å². The minimum absolute atomic E-state index is 0.173. The van der Waals surface area contributed by atoms with Crippen LogP contribution >= 0.6 is 11.6 Å². The summed E-state index contributed by atoms with van der Waals surface area (Å²) in [6.45, 7) is 9.18. The standard InChI is InChI=1S/C31H42ClN3O3S/c1-5-9-24-18-26(32)11-13-28(24)25-20-35-17-15-23(6-2)10-7-8-16-34(4)22(3)31(36)33-39(37)27-12-14-30(38-21-25)29(35)19-27/h7-8,11-14,18-19,22-23,25H,5-6,9-10,15-17,20-21H2,1-4H3,(H,33,36)/b8-7+/t22-,23?,25?,39?/m1/s1. The number of carbonyl (C=O) groups excluding carboxylic acids is 1. The lowest BCUT2D eigenvalue weighted by Gasteiger charge is -2.29. The quantitative estimate of drug-likeness (QED) is 0.449. The van der Waals surface area contributed by atoms with Crippen molar-refractivity contribution >= 4 is 34.2 Å². The van der Waals surface area contributed by atoms with Crippen LogP contribution in [0, 0.1) is 5.92 Å². The third-order valence-electron chi connectivity index (χ3n) is 8.08. The molecule has 2 aliphatic heterocycles. The first-order valence-corrected chi connectivity index (χ1v) is 15.7. The van der Waals surface area contributed by atoms with E-state index in [9.17, 15) is 9.00 Å². The number of nitrogens with zero attached hydrogens (tertiary/aromatic N) is 2. The van der Waals surface area contributed by atoms with Crippen LogP contribution in [0.15, 0.2) is 53.4 Å². The van der Waals surface area contributed by atoms with Gasteiger partial charge >= 0.3 is 0 Å². The Bertz CT molecular complexity index is 1200. The van der Waals surface area contributed by atoms with Gasteiger partial charge in [0, 0.05) is 30.6 Å². The highest BCUT2D eigenvalue weighted by molar-refractivity contribution is 7.83. The van der Waals surface area contributed by atoms with E-state index >= 15 is 0 Å². The maximum Gasteiger partial charge on any atom is 0.248 e. The second kappa shape index (κ2) is 13.8. The predicted octanol–water partition coefficient (Wildman–Crippen LogP) is 6.11. The van der Waals surface area contributed by atoms with Crippen LogP contribution in [0.3, 0.4) is 0 Å². The molecule has 8 heteroatoms. The highest BCUT2D eigenvalue weighted by Gasteiger charge is 2.28. The average molecular weight is 572 g/mol. The summed E-state index contributed by atoms with van der Waals surface area (Å²) in [7, 11) is 0.247. The number of carbonyl (C=O) groups is 1. The van der Waals surface area contributed by atoms with E-state index in [2.05, 4.69) is 47.8 Å². The smallest absolute Gasteiger partial charge is 0.248 e. The summed E-state index contributed by atoms with van der Waals surface area (Å²) in [6, 6.07) is 11.5. The molecule has 6 nitrogen and oxygen atoms in total. The number of benzene rings is 2. The lowest BCUT2D eigenvalue weighted by atomic mass is 9.91. The third kappa shape index (κ3) is 7.44. The van der Waals surface area contributed by atoms with Crippen molar-refractivity contribution in [2.45, 2.75) is 69.7 Å². The molecule has 0 aromatic heterocycles. The van der Waals surface area contributed by atoms with Crippen LogP contribution in [0.1, 0.15) is 63.5 Å². The van der Waals surface area contributed by atoms with Crippen LogP contribution in [0.2, 0.25) is 5.02 Å². The van der Waals surface area contributed by atoms with E-state index in [0.29, 0.717) is 24.0 Å². The molecule has 2 bridgehead atoms. The van der Waals surface area contributed by atoms with Crippen molar-refractivity contribution in [2.75, 3.05) is 38.2 Å². The second-order valence-electron chi connectivity index (χ2n) is 10.8. The molecular formula is C31H42ClN3O3S. The molecule has 0 saturated carbocycles. The van der Waals surface area contributed by atoms with Crippen LogP contribution in [0.5, 0.6) is 5.75 Å². The number of halogens is 1. The number of allylic oxidation sites excluding steroid dienone is 1. The van der Waals surface area contributed by atoms with Crippen LogP contribution in [0.25, 0.3) is 0 Å². The van der Waals surface area contributed by atoms with Gasteiger partial charge in [0.2, 0.25) is 5.91 Å². The van der Waals surface area contributed by atoms with Gasteiger partial charge in [-0.15, -0.1) is 0 Å². The third-order valence-corrected chi connectivity index (χ3v) is 9.38. The first-order chi connectivity index (χ1) is 18.8. The number of anilines is 1. The fourth-order valence-corrected chi connectivity index (χ4v) is 6.47. The monoisotopic (exact) mass is 571 g/mol. The first-order valence-electron chi connectivity index (χ1n) is 14.2. The van der Waals surface area contributed by atoms with E-state index in [1.54, 1.807) is 6.07 Å². The summed E-state index contributed by atoms with van der Waals surface area (Å²) in [5.74, 6) is 1.26. The molecule has 4 atom stereocenters. The number of hydrogen-bond donors (Lipinski definition) is 1. The Kier molecular flexibility index (Phi) is 10.5. The normalized spacial score (nSPS) is 25.9. The Morgan fingerprint density at radius 2 is 1.97 bits per heavy atom. The molecule has 2 heterocycles. The number of likely N-dealkylation sites (N-methyl/N-ethyl adjacent to an activating group) is 1. The zero-order valence-corrected chi connectivity index (χ0v) is 25.2. The van der Waals surface area contributed by atoms with Gasteiger partial charge in [0.25, 0.3) is 0 Å². The second-order valence-corrected chi connectivity index (χ2v) is 12.4. The number of aryl methyl sites for hydroxylation is 1. The van der Waals surface area contributed by atoms with E-state index in [4.69, 9.17) is 16.3 Å². The fraction of sp³-hybridized carbons (Fsp3) is 0.516. The number of fused-ring (bicyclic) bond motifs is 1. The van der Waals surface area contributed by atoms with E-state index < -0.39 is 17.0 Å². The molecule has 0 aliphatic carbocycles. The zero-order chi connectivity index (χ0) is 27.9. The molecule has 3 unspecified atom stereocenters. The Hall–Kier alpha value is -2.35. The van der Waals surface area contributed by atoms with Crippen LogP contribution in [-0.4, -0.2) is 54.3 Å². The largest absolute Gasteiger partial charge is 0.491 e. The van der Waals surface area contributed by atoms with Crippen molar-refractivity contribution in [1.29, 1.82) is 0 Å². The van der Waals surface area contributed by atoms with Crippen molar-refractivity contribution in [3.05, 3.63) is 64.7 Å². The molecule has 1 N–H and O–H groups in total. The predicted molar refractivity (Wildman–Crippen MR) is 161 cm³/mol. The molecule has 1 amide bonds. The maximum absolute atomic E-state index is 13.3. The van der Waals surface area contributed by atoms with Gasteiger partial charge in [-0.1, -0.05) is 56.5 Å². The number of rotatable bonds is 4. The Morgan fingerprint density at radius 1 is 1.15 bits per heavy atom. The topological polar surface area (TPSA) is 61.9 Å². The molecule has 2 aromatic carbocycles. The molecule has 212 valence electrons. The van der Waals surface area contributed by atoms with Gasteiger partial charge in [-0.25, -0.2) is 4.21 Å². The van der Waals surface area contributed by atoms with Gasteiger partial charge in [-0.05, 0) is 80.6 Å². The summed E-state index contributed by atoms with van der Waals surface area (Å²) in [6.07, 6.45) is 9.55. The molecular weight excluding hydrogens is 530 g/mol. The number of nitrogens with one attached hydrogen (secondary N) is 1. The molecule has 39 heavy (non-hydrogen) atoms.